The summed E-state index contributed by atoms with van der Waals surface area (Å²) in [5.74, 6) is 0.138. The zero-order valence-corrected chi connectivity index (χ0v) is 9.55. The molecule has 2 N–H and O–H groups in total. The van der Waals surface area contributed by atoms with Gasteiger partial charge in [-0.25, -0.2) is 0 Å². The summed E-state index contributed by atoms with van der Waals surface area (Å²) < 4.78 is 0. The lowest BCUT2D eigenvalue weighted by Crippen LogP contribution is -2.00. The van der Waals surface area contributed by atoms with Crippen molar-refractivity contribution in [1.29, 1.82) is 0 Å². The number of carbonyl (C=O) groups is 1. The summed E-state index contributed by atoms with van der Waals surface area (Å²) >= 11 is 0. The van der Waals surface area contributed by atoms with Gasteiger partial charge < -0.3 is 5.73 Å². The van der Waals surface area contributed by atoms with Crippen LogP contribution in [0.15, 0.2) is 18.2 Å². The summed E-state index contributed by atoms with van der Waals surface area (Å²) in [4.78, 5) is 11.3. The summed E-state index contributed by atoms with van der Waals surface area (Å²) in [6.07, 6.45) is 3.15. The minimum Gasteiger partial charge on any atom is -0.330 e. The van der Waals surface area contributed by atoms with Gasteiger partial charge in [-0.3, -0.25) is 4.79 Å². The molecule has 0 bridgehead atoms. The van der Waals surface area contributed by atoms with E-state index in [1.54, 1.807) is 6.92 Å². The SMILES string of the molecule is CC(=O)c1cc(C)cc(CCCCN)c1. The van der Waals surface area contributed by atoms with Gasteiger partial charge in [-0.05, 0) is 57.4 Å². The van der Waals surface area contributed by atoms with Crippen molar-refractivity contribution >= 4 is 5.78 Å². The third-order valence-corrected chi connectivity index (χ3v) is 2.46. The molecule has 0 aromatic heterocycles. The fraction of sp³-hybridized carbons (Fsp3) is 0.462. The van der Waals surface area contributed by atoms with Crippen molar-refractivity contribution in [1.82, 2.24) is 0 Å². The number of benzene rings is 1. The highest BCUT2D eigenvalue weighted by Gasteiger charge is 2.02. The van der Waals surface area contributed by atoms with Crippen LogP contribution in [0.1, 0.15) is 41.3 Å². The van der Waals surface area contributed by atoms with Crippen LogP contribution in [0, 0.1) is 6.92 Å². The molecular weight excluding hydrogens is 186 g/mol. The fourth-order valence-electron chi connectivity index (χ4n) is 1.68. The lowest BCUT2D eigenvalue weighted by molar-refractivity contribution is 0.101. The van der Waals surface area contributed by atoms with Crippen LogP contribution >= 0.6 is 0 Å². The molecule has 2 nitrogen and oxygen atoms in total. The first-order chi connectivity index (χ1) is 7.13. The molecule has 2 heteroatoms. The van der Waals surface area contributed by atoms with Gasteiger partial charge in [0.2, 0.25) is 0 Å². The molecule has 0 spiro atoms. The van der Waals surface area contributed by atoms with Crippen molar-refractivity contribution in [3.05, 3.63) is 34.9 Å². The fourth-order valence-corrected chi connectivity index (χ4v) is 1.68. The van der Waals surface area contributed by atoms with E-state index in [9.17, 15) is 4.79 Å². The van der Waals surface area contributed by atoms with Crippen molar-refractivity contribution in [2.24, 2.45) is 5.73 Å². The van der Waals surface area contributed by atoms with Gasteiger partial charge in [0, 0.05) is 5.56 Å². The Morgan fingerprint density at radius 3 is 2.60 bits per heavy atom. The molecule has 0 fully saturated rings. The summed E-state index contributed by atoms with van der Waals surface area (Å²) in [7, 11) is 0. The predicted octanol–water partition coefficient (Wildman–Crippen LogP) is 2.48. The lowest BCUT2D eigenvalue weighted by Gasteiger charge is -2.05. The minimum absolute atomic E-state index is 0.138. The molecule has 1 aromatic rings. The Kier molecular flexibility index (Phi) is 4.50. The maximum Gasteiger partial charge on any atom is 0.159 e. The smallest absolute Gasteiger partial charge is 0.159 e. The van der Waals surface area contributed by atoms with Gasteiger partial charge >= 0.3 is 0 Å². The Balaban J connectivity index is 2.75. The highest BCUT2D eigenvalue weighted by Crippen LogP contribution is 2.12. The van der Waals surface area contributed by atoms with E-state index in [1.165, 1.54) is 5.56 Å². The number of nitrogens with two attached hydrogens (primary N) is 1. The molecule has 0 heterocycles. The topological polar surface area (TPSA) is 43.1 Å². The van der Waals surface area contributed by atoms with Gasteiger partial charge in [-0.2, -0.15) is 0 Å². The molecule has 0 aliphatic rings. The summed E-state index contributed by atoms with van der Waals surface area (Å²) in [5.41, 5.74) is 8.67. The third kappa shape index (κ3) is 3.84. The Morgan fingerprint density at radius 2 is 2.00 bits per heavy atom. The minimum atomic E-state index is 0.138. The van der Waals surface area contributed by atoms with Gasteiger partial charge in [0.15, 0.2) is 5.78 Å². The quantitative estimate of drug-likeness (QED) is 0.592. The Bertz CT molecular complexity index is 344. The van der Waals surface area contributed by atoms with E-state index in [0.717, 1.165) is 36.9 Å². The molecule has 1 aromatic carbocycles. The first-order valence-corrected chi connectivity index (χ1v) is 5.45. The monoisotopic (exact) mass is 205 g/mol. The number of Topliss-reactive ketones (excluding diaryl/α,β-unsaturated/α-hetero) is 1. The molecule has 0 aliphatic heterocycles. The van der Waals surface area contributed by atoms with E-state index in [2.05, 4.69) is 6.07 Å². The average Bonchev–Trinajstić information content (AvgIpc) is 2.17. The van der Waals surface area contributed by atoms with E-state index in [4.69, 9.17) is 5.73 Å². The molecule has 1 rings (SSSR count). The van der Waals surface area contributed by atoms with Crippen molar-refractivity contribution < 1.29 is 4.79 Å². The molecular formula is C13H19NO. The number of hydrogen-bond donors (Lipinski definition) is 1. The zero-order valence-electron chi connectivity index (χ0n) is 9.55. The van der Waals surface area contributed by atoms with Crippen LogP contribution in [0.2, 0.25) is 0 Å². The van der Waals surface area contributed by atoms with E-state index in [-0.39, 0.29) is 5.78 Å². The maximum atomic E-state index is 11.3. The summed E-state index contributed by atoms with van der Waals surface area (Å²) in [5, 5.41) is 0. The number of aryl methyl sites for hydroxylation is 2. The predicted molar refractivity (Wildman–Crippen MR) is 63.2 cm³/mol. The summed E-state index contributed by atoms with van der Waals surface area (Å²) in [6.45, 7) is 4.38. The Morgan fingerprint density at radius 1 is 1.27 bits per heavy atom. The van der Waals surface area contributed by atoms with Crippen LogP contribution in [0.5, 0.6) is 0 Å². The van der Waals surface area contributed by atoms with Gasteiger partial charge in [-0.15, -0.1) is 0 Å². The normalized spacial score (nSPS) is 10.3. The molecule has 0 amide bonds. The molecule has 0 saturated carbocycles. The van der Waals surface area contributed by atoms with Gasteiger partial charge in [0.25, 0.3) is 0 Å². The number of rotatable bonds is 5. The van der Waals surface area contributed by atoms with E-state index < -0.39 is 0 Å². The van der Waals surface area contributed by atoms with E-state index >= 15 is 0 Å². The molecule has 82 valence electrons. The number of carbonyl (C=O) groups excluding carboxylic acids is 1. The van der Waals surface area contributed by atoms with E-state index in [0.29, 0.717) is 0 Å². The molecule has 0 aliphatic carbocycles. The second kappa shape index (κ2) is 5.66. The van der Waals surface area contributed by atoms with Crippen LogP contribution in [0.3, 0.4) is 0 Å². The molecule has 0 unspecified atom stereocenters. The maximum absolute atomic E-state index is 11.3. The molecule has 0 radical (unpaired) electrons. The lowest BCUT2D eigenvalue weighted by atomic mass is 10.0. The van der Waals surface area contributed by atoms with Crippen molar-refractivity contribution in [2.75, 3.05) is 6.54 Å². The number of ketones is 1. The second-order valence-corrected chi connectivity index (χ2v) is 4.01. The number of unbranched alkanes of at least 4 members (excludes halogenated alkanes) is 1. The van der Waals surface area contributed by atoms with Crippen LogP contribution in [-0.4, -0.2) is 12.3 Å². The second-order valence-electron chi connectivity index (χ2n) is 4.01. The molecule has 0 atom stereocenters. The number of hydrogen-bond acceptors (Lipinski definition) is 2. The van der Waals surface area contributed by atoms with Gasteiger partial charge in [0.05, 0.1) is 0 Å². The molecule has 15 heavy (non-hydrogen) atoms. The van der Waals surface area contributed by atoms with E-state index in [1.807, 2.05) is 19.1 Å². The van der Waals surface area contributed by atoms with Crippen molar-refractivity contribution in [3.63, 3.8) is 0 Å². The highest BCUT2D eigenvalue weighted by atomic mass is 16.1. The average molecular weight is 205 g/mol. The van der Waals surface area contributed by atoms with Crippen LogP contribution < -0.4 is 5.73 Å². The third-order valence-electron chi connectivity index (χ3n) is 2.46. The van der Waals surface area contributed by atoms with Crippen molar-refractivity contribution in [3.8, 4) is 0 Å². The first-order valence-electron chi connectivity index (χ1n) is 5.45. The first kappa shape index (κ1) is 11.9. The Hall–Kier alpha value is -1.15. The summed E-state index contributed by atoms with van der Waals surface area (Å²) in [6, 6.07) is 6.07. The van der Waals surface area contributed by atoms with Gasteiger partial charge in [0.1, 0.15) is 0 Å². The Labute approximate surface area is 91.5 Å². The molecule has 0 saturated heterocycles. The van der Waals surface area contributed by atoms with Crippen LogP contribution in [0.4, 0.5) is 0 Å². The highest BCUT2D eigenvalue weighted by molar-refractivity contribution is 5.94. The van der Waals surface area contributed by atoms with Crippen LogP contribution in [-0.2, 0) is 6.42 Å². The standard InChI is InChI=1S/C13H19NO/c1-10-7-12(5-3-4-6-14)9-13(8-10)11(2)15/h7-9H,3-6,14H2,1-2H3. The zero-order chi connectivity index (χ0) is 11.3. The van der Waals surface area contributed by atoms with Crippen molar-refractivity contribution in [2.45, 2.75) is 33.1 Å². The van der Waals surface area contributed by atoms with Gasteiger partial charge in [-0.1, -0.05) is 11.6 Å². The van der Waals surface area contributed by atoms with Crippen LogP contribution in [0.25, 0.3) is 0 Å². The largest absolute Gasteiger partial charge is 0.330 e.